The predicted molar refractivity (Wildman–Crippen MR) is 206 cm³/mol. The van der Waals surface area contributed by atoms with Crippen molar-refractivity contribution in [3.8, 4) is 5.75 Å². The van der Waals surface area contributed by atoms with Crippen LogP contribution in [0.15, 0.2) is 48.5 Å². The van der Waals surface area contributed by atoms with Crippen LogP contribution >= 0.6 is 0 Å². The number of benzene rings is 2. The Bertz CT molecular complexity index is 1710. The summed E-state index contributed by atoms with van der Waals surface area (Å²) in [6, 6.07) is 7.01. The lowest BCUT2D eigenvalue weighted by Crippen LogP contribution is -2.57. The minimum absolute atomic E-state index is 0.0496. The molecule has 0 saturated heterocycles. The number of nitrogens with two attached hydrogens (primary N) is 1. The first-order valence-electron chi connectivity index (χ1n) is 18.1. The van der Waals surface area contributed by atoms with Gasteiger partial charge in [0.15, 0.2) is 0 Å². The number of carbonyl (C=O) groups is 7. The van der Waals surface area contributed by atoms with Crippen LogP contribution in [-0.4, -0.2) is 83.6 Å². The van der Waals surface area contributed by atoms with Gasteiger partial charge >= 0.3 is 18.3 Å². The van der Waals surface area contributed by atoms with E-state index in [0.717, 1.165) is 0 Å². The summed E-state index contributed by atoms with van der Waals surface area (Å²) in [7, 11) is 0. The number of ether oxygens (including phenoxy) is 3. The summed E-state index contributed by atoms with van der Waals surface area (Å²) >= 11 is 0. The van der Waals surface area contributed by atoms with Gasteiger partial charge in [-0.25, -0.2) is 14.4 Å². The Morgan fingerprint density at radius 1 is 0.789 bits per heavy atom. The number of non-ortho nitro benzene ring substituents is 1. The molecule has 0 aliphatic heterocycles. The van der Waals surface area contributed by atoms with Crippen molar-refractivity contribution in [2.75, 3.05) is 18.4 Å². The largest absolute Gasteiger partial charge is 0.514 e. The second kappa shape index (κ2) is 22.8. The van der Waals surface area contributed by atoms with Gasteiger partial charge in [-0.15, -0.1) is 0 Å². The van der Waals surface area contributed by atoms with E-state index in [1.807, 2.05) is 0 Å². The maximum atomic E-state index is 13.6. The number of hydrogen-bond donors (Lipinski definition) is 7. The van der Waals surface area contributed by atoms with Crippen molar-refractivity contribution >= 4 is 53.3 Å². The fourth-order valence-corrected chi connectivity index (χ4v) is 4.98. The quantitative estimate of drug-likeness (QED) is 0.0334. The van der Waals surface area contributed by atoms with Crippen molar-refractivity contribution in [1.29, 1.82) is 0 Å². The molecule has 57 heavy (non-hydrogen) atoms. The smallest absolute Gasteiger partial charge is 0.444 e. The van der Waals surface area contributed by atoms with Gasteiger partial charge in [0.2, 0.25) is 23.6 Å². The number of nitro groups is 1. The maximum absolute atomic E-state index is 13.6. The highest BCUT2D eigenvalue weighted by molar-refractivity contribution is 5.99. The molecular weight excluding hydrogens is 748 g/mol. The molecule has 0 aliphatic rings. The summed E-state index contributed by atoms with van der Waals surface area (Å²) in [5, 5.41) is 26.4. The average molecular weight is 801 g/mol. The van der Waals surface area contributed by atoms with Gasteiger partial charge in [-0.05, 0) is 82.2 Å². The highest BCUT2D eigenvalue weighted by atomic mass is 16.7. The van der Waals surface area contributed by atoms with E-state index in [2.05, 4.69) is 31.9 Å². The van der Waals surface area contributed by atoms with Gasteiger partial charge in [0, 0.05) is 37.8 Å². The fourth-order valence-electron chi connectivity index (χ4n) is 4.98. The van der Waals surface area contributed by atoms with Gasteiger partial charge in [-0.3, -0.25) is 29.3 Å². The zero-order valence-corrected chi connectivity index (χ0v) is 32.8. The van der Waals surface area contributed by atoms with Gasteiger partial charge in [0.1, 0.15) is 36.1 Å². The zero-order valence-electron chi connectivity index (χ0n) is 32.8. The summed E-state index contributed by atoms with van der Waals surface area (Å²) in [5.41, 5.74) is 5.15. The van der Waals surface area contributed by atoms with Gasteiger partial charge in [-0.2, -0.15) is 0 Å². The maximum Gasteiger partial charge on any atom is 0.514 e. The average Bonchev–Trinajstić information content (AvgIpc) is 3.11. The van der Waals surface area contributed by atoms with E-state index in [1.54, 1.807) is 46.8 Å². The van der Waals surface area contributed by atoms with Gasteiger partial charge in [-0.1, -0.05) is 26.0 Å². The van der Waals surface area contributed by atoms with Crippen LogP contribution in [0, 0.1) is 16.0 Å². The molecule has 8 N–H and O–H groups in total. The number of carbonyl (C=O) groups excluding carboxylic acids is 7. The van der Waals surface area contributed by atoms with Crippen molar-refractivity contribution in [2.24, 2.45) is 11.7 Å². The number of hydrogen-bond acceptors (Lipinski definition) is 12. The number of amides is 7. The van der Waals surface area contributed by atoms with E-state index in [9.17, 15) is 43.7 Å². The monoisotopic (exact) mass is 800 g/mol. The lowest BCUT2D eigenvalue weighted by atomic mass is 10.0. The van der Waals surface area contributed by atoms with Gasteiger partial charge < -0.3 is 51.8 Å². The highest BCUT2D eigenvalue weighted by Gasteiger charge is 2.31. The Labute approximate surface area is 329 Å². The first-order chi connectivity index (χ1) is 26.7. The normalized spacial score (nSPS) is 12.5. The number of anilines is 1. The lowest BCUT2D eigenvalue weighted by Gasteiger charge is -2.27. The summed E-state index contributed by atoms with van der Waals surface area (Å²) in [5.74, 6) is -2.82. The molecule has 20 heteroatoms. The first-order valence-corrected chi connectivity index (χ1v) is 18.1. The second-order valence-corrected chi connectivity index (χ2v) is 14.1. The van der Waals surface area contributed by atoms with E-state index in [0.29, 0.717) is 17.7 Å². The van der Waals surface area contributed by atoms with Crippen LogP contribution in [-0.2, 0) is 35.3 Å². The third-order valence-electron chi connectivity index (χ3n) is 7.71. The molecule has 0 saturated carbocycles. The topological polar surface area (TPSA) is 289 Å². The standard InChI is InChI=1S/C37H52N8O12/c1-22(2)30(44-32(48)28(41-23(3)46)9-8-20-40-35(51)57-37(4,5)6)33(49)43-29(10-7-19-39-34(38)50)31(47)42-25-13-11-24(12-14-25)21-55-36(52)56-27-17-15-26(16-18-27)45(53)54/h11-18,22,28-30H,7-10,19-21H2,1-6H3,(H,40,51)(H,41,46)(H,42,47)(H,43,49)(H,44,48)(H3,38,39,50)/t28-,29-,30-/m0/s1. The predicted octanol–water partition coefficient (Wildman–Crippen LogP) is 3.13. The minimum atomic E-state index is -1.13. The van der Waals surface area contributed by atoms with Crippen molar-refractivity contribution in [1.82, 2.24) is 26.6 Å². The van der Waals surface area contributed by atoms with E-state index in [1.165, 1.54) is 43.3 Å². The lowest BCUT2D eigenvalue weighted by molar-refractivity contribution is -0.384. The molecular formula is C37H52N8O12. The molecule has 2 aromatic rings. The summed E-state index contributed by atoms with van der Waals surface area (Å²) in [6.45, 7) is 9.86. The number of alkyl carbamates (subject to hydrolysis) is 1. The zero-order chi connectivity index (χ0) is 42.7. The van der Waals surface area contributed by atoms with E-state index in [4.69, 9.17) is 19.9 Å². The van der Waals surface area contributed by atoms with Gasteiger partial charge in [0.05, 0.1) is 4.92 Å². The molecule has 0 unspecified atom stereocenters. The number of rotatable bonds is 20. The second-order valence-electron chi connectivity index (χ2n) is 14.1. The van der Waals surface area contributed by atoms with Crippen molar-refractivity contribution in [3.63, 3.8) is 0 Å². The first kappa shape index (κ1) is 46.7. The third kappa shape index (κ3) is 18.6. The van der Waals surface area contributed by atoms with Crippen LogP contribution in [0.3, 0.4) is 0 Å². The van der Waals surface area contributed by atoms with Crippen LogP contribution in [0.5, 0.6) is 5.75 Å². The third-order valence-corrected chi connectivity index (χ3v) is 7.71. The van der Waals surface area contributed by atoms with Crippen LogP contribution in [0.1, 0.15) is 72.8 Å². The number of nitrogens with one attached hydrogen (secondary N) is 6. The Morgan fingerprint density at radius 3 is 1.89 bits per heavy atom. The minimum Gasteiger partial charge on any atom is -0.444 e. The number of primary amides is 1. The van der Waals surface area contributed by atoms with Crippen LogP contribution < -0.4 is 42.4 Å². The summed E-state index contributed by atoms with van der Waals surface area (Å²) < 4.78 is 15.3. The molecule has 2 aromatic carbocycles. The molecule has 2 rings (SSSR count). The molecule has 0 radical (unpaired) electrons. The molecule has 0 aromatic heterocycles. The number of urea groups is 1. The Hall–Kier alpha value is -6.47. The molecule has 0 bridgehead atoms. The van der Waals surface area contributed by atoms with Crippen LogP contribution in [0.25, 0.3) is 0 Å². The molecule has 0 aliphatic carbocycles. The molecule has 3 atom stereocenters. The Morgan fingerprint density at radius 2 is 1.37 bits per heavy atom. The highest BCUT2D eigenvalue weighted by Crippen LogP contribution is 2.18. The number of nitro benzene ring substituents is 1. The van der Waals surface area contributed by atoms with Crippen LogP contribution in [0.2, 0.25) is 0 Å². The Kier molecular flexibility index (Phi) is 18.7. The SMILES string of the molecule is CC(=O)N[C@@H](CCCNC(=O)OC(C)(C)C)C(=O)N[C@H](C(=O)N[C@@H](CCCNC(N)=O)C(=O)Nc1ccc(COC(=O)Oc2ccc([N+](=O)[O-])cc2)cc1)C(C)C. The molecule has 0 fully saturated rings. The van der Waals surface area contributed by atoms with Crippen molar-refractivity contribution in [3.05, 3.63) is 64.2 Å². The molecule has 0 spiro atoms. The van der Waals surface area contributed by atoms with Crippen LogP contribution in [0.4, 0.5) is 25.8 Å². The molecule has 312 valence electrons. The van der Waals surface area contributed by atoms with E-state index < -0.39 is 76.5 Å². The number of nitrogens with zero attached hydrogens (tertiary/aromatic N) is 1. The van der Waals surface area contributed by atoms with Crippen molar-refractivity contribution in [2.45, 2.75) is 97.6 Å². The summed E-state index contributed by atoms with van der Waals surface area (Å²) in [6.07, 6.45) is -0.938. The molecule has 20 nitrogen and oxygen atoms in total. The van der Waals surface area contributed by atoms with Gasteiger partial charge in [0.25, 0.3) is 5.69 Å². The molecule has 7 amide bonds. The fraction of sp³-hybridized carbons (Fsp3) is 0.486. The van der Waals surface area contributed by atoms with Crippen molar-refractivity contribution < 1.29 is 52.7 Å². The molecule has 0 heterocycles. The van der Waals surface area contributed by atoms with E-state index >= 15 is 0 Å². The van der Waals surface area contributed by atoms with E-state index in [-0.39, 0.29) is 50.4 Å². The Balaban J connectivity index is 2.06. The summed E-state index contributed by atoms with van der Waals surface area (Å²) in [4.78, 5) is 97.9.